The summed E-state index contributed by atoms with van der Waals surface area (Å²) in [7, 11) is 0. The van der Waals surface area contributed by atoms with Crippen LogP contribution in [0.3, 0.4) is 0 Å². The number of hydrogen-bond acceptors (Lipinski definition) is 1. The van der Waals surface area contributed by atoms with Crippen LogP contribution in [0, 0.1) is 0 Å². The third-order valence-electron chi connectivity index (χ3n) is 0.354. The Morgan fingerprint density at radius 1 is 1.33 bits per heavy atom. The summed E-state index contributed by atoms with van der Waals surface area (Å²) >= 11 is 2.22. The van der Waals surface area contributed by atoms with Crippen LogP contribution in [0.2, 0.25) is 0 Å². The summed E-state index contributed by atoms with van der Waals surface area (Å²) in [6.45, 7) is 6.00. The van der Waals surface area contributed by atoms with Crippen molar-refractivity contribution in [2.45, 2.75) is 26.4 Å². The largest absolute Gasteiger partial charge is 0.512 e. The summed E-state index contributed by atoms with van der Waals surface area (Å²) < 4.78 is 4.85. The highest BCUT2D eigenvalue weighted by atomic mass is 27.1. The molecule has 2 heteroatoms. The lowest BCUT2D eigenvalue weighted by Crippen LogP contribution is -2.16. The maximum Gasteiger partial charge on any atom is 0.369 e. The van der Waals surface area contributed by atoms with Gasteiger partial charge in [0.2, 0.25) is 0 Å². The van der Waals surface area contributed by atoms with E-state index in [1.807, 2.05) is 20.8 Å². The molecule has 0 heterocycles. The van der Waals surface area contributed by atoms with Crippen LogP contribution >= 0.6 is 0 Å². The van der Waals surface area contributed by atoms with Crippen molar-refractivity contribution in [2.24, 2.45) is 0 Å². The van der Waals surface area contributed by atoms with Gasteiger partial charge in [0.25, 0.3) is 0 Å². The first kappa shape index (κ1) is 6.49. The molecule has 0 aromatic carbocycles. The van der Waals surface area contributed by atoms with E-state index in [2.05, 4.69) is 16.6 Å². The van der Waals surface area contributed by atoms with Gasteiger partial charge in [-0.05, 0) is 20.8 Å². The zero-order valence-corrected chi connectivity index (χ0v) is 5.64. The Balaban J connectivity index is 3.17. The molecule has 0 aliphatic rings. The SMILES string of the molecule is CC(C)(C)[O][Al]. The molecule has 0 saturated heterocycles. The van der Waals surface area contributed by atoms with Crippen LogP contribution in [-0.2, 0) is 3.79 Å². The molecule has 0 aromatic rings. The lowest BCUT2D eigenvalue weighted by molar-refractivity contribution is 0.147. The van der Waals surface area contributed by atoms with Crippen molar-refractivity contribution in [3.63, 3.8) is 0 Å². The second kappa shape index (κ2) is 1.97. The predicted octanol–water partition coefficient (Wildman–Crippen LogP) is 0.885. The van der Waals surface area contributed by atoms with E-state index in [0.29, 0.717) is 0 Å². The lowest BCUT2D eigenvalue weighted by atomic mass is 10.2. The van der Waals surface area contributed by atoms with Crippen LogP contribution in [-0.4, -0.2) is 22.2 Å². The smallest absolute Gasteiger partial charge is 0.369 e. The minimum Gasteiger partial charge on any atom is -0.512 e. The van der Waals surface area contributed by atoms with Crippen molar-refractivity contribution < 1.29 is 3.79 Å². The molecule has 1 nitrogen and oxygen atoms in total. The van der Waals surface area contributed by atoms with Gasteiger partial charge in [-0.2, -0.15) is 0 Å². The van der Waals surface area contributed by atoms with Gasteiger partial charge in [-0.15, -0.1) is 0 Å². The van der Waals surface area contributed by atoms with Gasteiger partial charge in [-0.3, -0.25) is 0 Å². The lowest BCUT2D eigenvalue weighted by Gasteiger charge is -2.17. The van der Waals surface area contributed by atoms with E-state index in [9.17, 15) is 0 Å². The van der Waals surface area contributed by atoms with Crippen LogP contribution in [0.1, 0.15) is 20.8 Å². The molecule has 0 N–H and O–H groups in total. The highest BCUT2D eigenvalue weighted by Crippen LogP contribution is 2.01. The van der Waals surface area contributed by atoms with E-state index < -0.39 is 0 Å². The fraction of sp³-hybridized carbons (Fsp3) is 1.00. The van der Waals surface area contributed by atoms with Crippen molar-refractivity contribution in [3.05, 3.63) is 0 Å². The summed E-state index contributed by atoms with van der Waals surface area (Å²) in [4.78, 5) is 0. The molecule has 0 fully saturated rings. The molecule has 0 bridgehead atoms. The van der Waals surface area contributed by atoms with Crippen molar-refractivity contribution in [3.8, 4) is 0 Å². The average molecular weight is 100 g/mol. The highest BCUT2D eigenvalue weighted by Gasteiger charge is 2.01. The van der Waals surface area contributed by atoms with E-state index in [1.54, 1.807) is 0 Å². The average Bonchev–Trinajstić information content (AvgIpc) is 1.35. The minimum absolute atomic E-state index is 0.00463. The maximum atomic E-state index is 4.85. The van der Waals surface area contributed by atoms with Crippen LogP contribution < -0.4 is 0 Å². The molecule has 0 saturated carbocycles. The Kier molecular flexibility index (Phi) is 2.14. The highest BCUT2D eigenvalue weighted by molar-refractivity contribution is 5.98. The van der Waals surface area contributed by atoms with E-state index in [4.69, 9.17) is 3.79 Å². The molecule has 0 amide bonds. The molecular formula is C4H9AlO. The Labute approximate surface area is 47.4 Å². The quantitative estimate of drug-likeness (QED) is 0.411. The van der Waals surface area contributed by atoms with E-state index in [1.165, 1.54) is 0 Å². The molecular weight excluding hydrogens is 91.0 g/mol. The Morgan fingerprint density at radius 2 is 1.50 bits per heavy atom. The monoisotopic (exact) mass is 100 g/mol. The molecule has 6 heavy (non-hydrogen) atoms. The van der Waals surface area contributed by atoms with Crippen molar-refractivity contribution in [1.29, 1.82) is 0 Å². The molecule has 34 valence electrons. The third kappa shape index (κ3) is 4.49. The molecule has 0 atom stereocenters. The maximum absolute atomic E-state index is 4.85. The van der Waals surface area contributed by atoms with Gasteiger partial charge in [0, 0.05) is 5.60 Å². The predicted molar refractivity (Wildman–Crippen MR) is 26.6 cm³/mol. The first-order valence-corrected chi connectivity index (χ1v) is 2.41. The first-order chi connectivity index (χ1) is 2.56. The standard InChI is InChI=1S/C4H9O.Al/c1-4(2,3)5;/h1-3H3;/q-1;+1. The summed E-state index contributed by atoms with van der Waals surface area (Å²) in [5.74, 6) is 0. The molecule has 0 aliphatic heterocycles. The number of rotatable bonds is 0. The first-order valence-electron chi connectivity index (χ1n) is 1.94. The Hall–Kier alpha value is 0.492. The van der Waals surface area contributed by atoms with Gasteiger partial charge < -0.3 is 3.79 Å². The summed E-state index contributed by atoms with van der Waals surface area (Å²) in [5, 5.41) is 0. The van der Waals surface area contributed by atoms with Crippen molar-refractivity contribution in [1.82, 2.24) is 0 Å². The van der Waals surface area contributed by atoms with E-state index in [0.717, 1.165) is 0 Å². The normalized spacial score (nSPS) is 11.8. The van der Waals surface area contributed by atoms with E-state index in [-0.39, 0.29) is 5.60 Å². The van der Waals surface area contributed by atoms with Gasteiger partial charge >= 0.3 is 16.6 Å². The zero-order valence-electron chi connectivity index (χ0n) is 4.49. The summed E-state index contributed by atoms with van der Waals surface area (Å²) in [6, 6.07) is 0. The molecule has 0 aromatic heterocycles. The van der Waals surface area contributed by atoms with Gasteiger partial charge in [0.1, 0.15) is 0 Å². The fourth-order valence-electron chi connectivity index (χ4n) is 0. The molecule has 0 rings (SSSR count). The Morgan fingerprint density at radius 3 is 1.50 bits per heavy atom. The number of hydrogen-bond donors (Lipinski definition) is 0. The summed E-state index contributed by atoms with van der Waals surface area (Å²) in [6.07, 6.45) is 0. The van der Waals surface area contributed by atoms with Gasteiger partial charge in [-0.1, -0.05) is 0 Å². The van der Waals surface area contributed by atoms with Crippen molar-refractivity contribution >= 4 is 16.6 Å². The molecule has 0 aliphatic carbocycles. The third-order valence-corrected chi connectivity index (χ3v) is 1.06. The van der Waals surface area contributed by atoms with Gasteiger partial charge in [0.15, 0.2) is 0 Å². The van der Waals surface area contributed by atoms with Gasteiger partial charge in [0.05, 0.1) is 0 Å². The van der Waals surface area contributed by atoms with Gasteiger partial charge in [-0.25, -0.2) is 0 Å². The van der Waals surface area contributed by atoms with E-state index >= 15 is 0 Å². The fourth-order valence-corrected chi connectivity index (χ4v) is 0. The van der Waals surface area contributed by atoms with Crippen LogP contribution in [0.5, 0.6) is 0 Å². The minimum atomic E-state index is 0.00463. The second-order valence-corrected chi connectivity index (χ2v) is 2.47. The second-order valence-electron chi connectivity index (χ2n) is 2.23. The molecule has 0 unspecified atom stereocenters. The summed E-state index contributed by atoms with van der Waals surface area (Å²) in [5.41, 5.74) is 0.00463. The van der Waals surface area contributed by atoms with Crippen LogP contribution in [0.4, 0.5) is 0 Å². The topological polar surface area (TPSA) is 9.23 Å². The van der Waals surface area contributed by atoms with Crippen LogP contribution in [0.15, 0.2) is 0 Å². The van der Waals surface area contributed by atoms with Crippen molar-refractivity contribution in [2.75, 3.05) is 0 Å². The molecule has 2 radical (unpaired) electrons. The zero-order chi connectivity index (χ0) is 5.21. The Bertz CT molecular complexity index is 37.3. The van der Waals surface area contributed by atoms with Crippen LogP contribution in [0.25, 0.3) is 0 Å². The molecule has 0 spiro atoms.